The van der Waals surface area contributed by atoms with Crippen LogP contribution in [0.2, 0.25) is 0 Å². The van der Waals surface area contributed by atoms with E-state index in [2.05, 4.69) is 5.32 Å². The third-order valence-electron chi connectivity index (χ3n) is 2.37. The van der Waals surface area contributed by atoms with Gasteiger partial charge in [0, 0.05) is 6.42 Å². The summed E-state index contributed by atoms with van der Waals surface area (Å²) in [6, 6.07) is -1.28. The molecule has 1 amide bonds. The van der Waals surface area contributed by atoms with Crippen molar-refractivity contribution in [3.63, 3.8) is 0 Å². The highest BCUT2D eigenvalue weighted by Crippen LogP contribution is 2.27. The van der Waals surface area contributed by atoms with E-state index in [-0.39, 0.29) is 6.42 Å². The number of hydrogen-bond acceptors (Lipinski definition) is 2. The Kier molecular flexibility index (Phi) is 5.77. The van der Waals surface area contributed by atoms with Crippen LogP contribution in [0.25, 0.3) is 0 Å². The third-order valence-corrected chi connectivity index (χ3v) is 2.37. The summed E-state index contributed by atoms with van der Waals surface area (Å²) in [5.41, 5.74) is -0.115. The van der Waals surface area contributed by atoms with Crippen molar-refractivity contribution in [1.82, 2.24) is 5.32 Å². The molecule has 0 saturated heterocycles. The first-order valence-electron chi connectivity index (χ1n) is 5.97. The van der Waals surface area contributed by atoms with Crippen LogP contribution in [0.5, 0.6) is 0 Å². The summed E-state index contributed by atoms with van der Waals surface area (Å²) in [6.07, 6.45) is 0.432. The van der Waals surface area contributed by atoms with Crippen LogP contribution in [0.15, 0.2) is 11.6 Å². The van der Waals surface area contributed by atoms with Crippen LogP contribution in [0.3, 0.4) is 0 Å². The smallest absolute Gasteiger partial charge is 0.408 e. The lowest BCUT2D eigenvalue weighted by Gasteiger charge is -2.27. The van der Waals surface area contributed by atoms with Crippen LogP contribution in [0.1, 0.15) is 48.0 Å². The lowest BCUT2D eigenvalue weighted by molar-refractivity contribution is -0.0348. The van der Waals surface area contributed by atoms with E-state index in [1.165, 1.54) is 6.92 Å². The first-order chi connectivity index (χ1) is 7.98. The Morgan fingerprint density at radius 2 is 1.89 bits per heavy atom. The molecule has 0 aliphatic heterocycles. The van der Waals surface area contributed by atoms with Crippen LogP contribution in [0.4, 0.5) is 13.6 Å². The highest BCUT2D eigenvalue weighted by Gasteiger charge is 2.38. The molecule has 18 heavy (non-hydrogen) atoms. The molecule has 0 saturated carbocycles. The lowest BCUT2D eigenvalue weighted by atomic mass is 10.0. The fraction of sp³-hybridized carbons (Fsp3) is 0.769. The number of halogens is 2. The van der Waals surface area contributed by atoms with Crippen LogP contribution in [-0.2, 0) is 4.74 Å². The SMILES string of the molecule is CC=C(C)CC(F)(F)C(C)NC(=O)OC(C)(C)C. The summed E-state index contributed by atoms with van der Waals surface area (Å²) < 4.78 is 32.4. The number of rotatable bonds is 4. The molecule has 0 aromatic rings. The maximum absolute atomic E-state index is 13.7. The van der Waals surface area contributed by atoms with Gasteiger partial charge in [0.15, 0.2) is 0 Å². The summed E-state index contributed by atoms with van der Waals surface area (Å²) in [7, 11) is 0. The van der Waals surface area contributed by atoms with Crippen molar-refractivity contribution in [2.45, 2.75) is 65.5 Å². The molecule has 0 aromatic carbocycles. The fourth-order valence-electron chi connectivity index (χ4n) is 1.22. The minimum absolute atomic E-state index is 0.375. The molecule has 0 rings (SSSR count). The van der Waals surface area contributed by atoms with Crippen LogP contribution in [-0.4, -0.2) is 23.7 Å². The molecule has 1 atom stereocenters. The summed E-state index contributed by atoms with van der Waals surface area (Å²) in [5, 5.41) is 2.17. The molecular formula is C13H23F2NO2. The van der Waals surface area contributed by atoms with Crippen LogP contribution < -0.4 is 5.32 Å². The van der Waals surface area contributed by atoms with Gasteiger partial charge in [-0.25, -0.2) is 13.6 Å². The molecule has 5 heteroatoms. The van der Waals surface area contributed by atoms with Gasteiger partial charge in [-0.3, -0.25) is 0 Å². The molecule has 0 heterocycles. The summed E-state index contributed by atoms with van der Waals surface area (Å²) in [5.74, 6) is -2.99. The van der Waals surface area contributed by atoms with Crippen molar-refractivity contribution in [1.29, 1.82) is 0 Å². The van der Waals surface area contributed by atoms with E-state index in [1.807, 2.05) is 0 Å². The topological polar surface area (TPSA) is 38.3 Å². The van der Waals surface area contributed by atoms with Gasteiger partial charge in [0.05, 0.1) is 6.04 Å². The standard InChI is InChI=1S/C13H23F2NO2/c1-7-9(2)8-13(14,15)10(3)16-11(17)18-12(4,5)6/h7,10H,8H2,1-6H3,(H,16,17). The fourth-order valence-corrected chi connectivity index (χ4v) is 1.22. The molecule has 0 aliphatic rings. The van der Waals surface area contributed by atoms with Gasteiger partial charge in [-0.2, -0.15) is 0 Å². The monoisotopic (exact) mass is 263 g/mol. The Hall–Kier alpha value is -1.13. The molecule has 0 spiro atoms. The number of amides is 1. The number of ether oxygens (including phenoxy) is 1. The molecular weight excluding hydrogens is 240 g/mol. The number of carbonyl (C=O) groups is 1. The first-order valence-corrected chi connectivity index (χ1v) is 5.97. The van der Waals surface area contributed by atoms with E-state index in [4.69, 9.17) is 4.74 Å². The van der Waals surface area contributed by atoms with Crippen molar-refractivity contribution < 1.29 is 18.3 Å². The zero-order valence-electron chi connectivity index (χ0n) is 11.9. The first kappa shape index (κ1) is 16.9. The van der Waals surface area contributed by atoms with Crippen molar-refractivity contribution >= 4 is 6.09 Å². The van der Waals surface area contributed by atoms with E-state index in [9.17, 15) is 13.6 Å². The molecule has 0 radical (unpaired) electrons. The number of hydrogen-bond donors (Lipinski definition) is 1. The number of nitrogens with one attached hydrogen (secondary N) is 1. The highest BCUT2D eigenvalue weighted by molar-refractivity contribution is 5.68. The average Bonchev–Trinajstić information content (AvgIpc) is 2.13. The van der Waals surface area contributed by atoms with Crippen molar-refractivity contribution in [2.75, 3.05) is 0 Å². The summed E-state index contributed by atoms with van der Waals surface area (Å²) >= 11 is 0. The highest BCUT2D eigenvalue weighted by atomic mass is 19.3. The van der Waals surface area contributed by atoms with Gasteiger partial charge in [0.25, 0.3) is 5.92 Å². The minimum Gasteiger partial charge on any atom is -0.444 e. The minimum atomic E-state index is -2.99. The Morgan fingerprint density at radius 1 is 1.39 bits per heavy atom. The second kappa shape index (κ2) is 6.16. The van der Waals surface area contributed by atoms with Gasteiger partial charge in [-0.05, 0) is 41.5 Å². The van der Waals surface area contributed by atoms with Gasteiger partial charge in [-0.15, -0.1) is 0 Å². The van der Waals surface area contributed by atoms with Gasteiger partial charge in [0.1, 0.15) is 5.60 Å². The second-order valence-electron chi connectivity index (χ2n) is 5.44. The predicted molar refractivity (Wildman–Crippen MR) is 67.8 cm³/mol. The van der Waals surface area contributed by atoms with Gasteiger partial charge in [0.2, 0.25) is 0 Å². The summed E-state index contributed by atoms with van der Waals surface area (Å²) in [6.45, 7) is 9.65. The number of alkyl carbamates (subject to hydrolysis) is 1. The number of alkyl halides is 2. The molecule has 106 valence electrons. The van der Waals surface area contributed by atoms with E-state index in [0.717, 1.165) is 0 Å². The Labute approximate surface area is 108 Å². The Bertz CT molecular complexity index is 319. The maximum atomic E-state index is 13.7. The molecule has 0 aromatic heterocycles. The third kappa shape index (κ3) is 6.57. The quantitative estimate of drug-likeness (QED) is 0.781. The largest absolute Gasteiger partial charge is 0.444 e. The van der Waals surface area contributed by atoms with Gasteiger partial charge in [-0.1, -0.05) is 11.6 Å². The Morgan fingerprint density at radius 3 is 2.28 bits per heavy atom. The van der Waals surface area contributed by atoms with Gasteiger partial charge < -0.3 is 10.1 Å². The van der Waals surface area contributed by atoms with Crippen LogP contribution in [0, 0.1) is 0 Å². The Balaban J connectivity index is 4.47. The molecule has 1 unspecified atom stereocenters. The van der Waals surface area contributed by atoms with Gasteiger partial charge >= 0.3 is 6.09 Å². The van der Waals surface area contributed by atoms with E-state index in [1.54, 1.807) is 40.7 Å². The number of carbonyl (C=O) groups excluding carboxylic acids is 1. The predicted octanol–water partition coefficient (Wildman–Crippen LogP) is 3.89. The normalized spacial score (nSPS) is 15.2. The molecule has 0 aliphatic carbocycles. The van der Waals surface area contributed by atoms with Crippen molar-refractivity contribution in [2.24, 2.45) is 0 Å². The average molecular weight is 263 g/mol. The summed E-state index contributed by atoms with van der Waals surface area (Å²) in [4.78, 5) is 11.4. The molecule has 3 nitrogen and oxygen atoms in total. The molecule has 0 bridgehead atoms. The molecule has 0 fully saturated rings. The van der Waals surface area contributed by atoms with E-state index >= 15 is 0 Å². The second-order valence-corrected chi connectivity index (χ2v) is 5.44. The molecule has 1 N–H and O–H groups in total. The van der Waals surface area contributed by atoms with E-state index < -0.39 is 23.7 Å². The number of allylic oxidation sites excluding steroid dienone is 2. The lowest BCUT2D eigenvalue weighted by Crippen LogP contribution is -2.47. The zero-order chi connectivity index (χ0) is 14.6. The maximum Gasteiger partial charge on any atom is 0.408 e. The van der Waals surface area contributed by atoms with E-state index in [0.29, 0.717) is 5.57 Å². The zero-order valence-corrected chi connectivity index (χ0v) is 11.9. The van der Waals surface area contributed by atoms with Crippen LogP contribution >= 0.6 is 0 Å². The van der Waals surface area contributed by atoms with Crippen molar-refractivity contribution in [3.8, 4) is 0 Å². The van der Waals surface area contributed by atoms with Crippen molar-refractivity contribution in [3.05, 3.63) is 11.6 Å².